The topological polar surface area (TPSA) is 0 Å². The average Bonchev–Trinajstić information content (AvgIpc) is 3.01. The molecule has 0 aromatic heterocycles. The minimum atomic E-state index is -0.124. The highest BCUT2D eigenvalue weighted by molar-refractivity contribution is 5.26. The smallest absolute Gasteiger partial charge is 0.0894 e. The van der Waals surface area contributed by atoms with E-state index in [1.54, 1.807) is 24.0 Å². The third-order valence-corrected chi connectivity index (χ3v) is 11.8. The largest absolute Gasteiger partial charge is 0.251 e. The second kappa shape index (κ2) is 18.6. The van der Waals surface area contributed by atoms with Crippen molar-refractivity contribution in [3.63, 3.8) is 0 Å². The van der Waals surface area contributed by atoms with E-state index in [1.807, 2.05) is 0 Å². The first-order valence-electron chi connectivity index (χ1n) is 18.4. The molecule has 1 aromatic rings. The highest BCUT2D eigenvalue weighted by Gasteiger charge is 2.34. The van der Waals surface area contributed by atoms with Gasteiger partial charge in [-0.1, -0.05) is 108 Å². The van der Waals surface area contributed by atoms with Gasteiger partial charge in [0.15, 0.2) is 0 Å². The van der Waals surface area contributed by atoms with E-state index in [0.29, 0.717) is 0 Å². The van der Waals surface area contributed by atoms with Gasteiger partial charge in [-0.2, -0.15) is 0 Å². The summed E-state index contributed by atoms with van der Waals surface area (Å²) in [7, 11) is 0. The van der Waals surface area contributed by atoms with Crippen LogP contribution < -0.4 is 0 Å². The molecule has 0 saturated heterocycles. The van der Waals surface area contributed by atoms with Gasteiger partial charge in [-0.25, -0.2) is 0 Å². The molecule has 3 aliphatic rings. The molecule has 3 saturated carbocycles. The Labute approximate surface area is 249 Å². The van der Waals surface area contributed by atoms with Crippen LogP contribution in [-0.4, -0.2) is 6.67 Å². The van der Waals surface area contributed by atoms with Crippen LogP contribution in [0.1, 0.15) is 178 Å². The first-order chi connectivity index (χ1) is 19.8. The van der Waals surface area contributed by atoms with E-state index < -0.39 is 0 Å². The Kier molecular flexibility index (Phi) is 14.9. The normalized spacial score (nSPS) is 29.4. The molecular weight excluding hydrogens is 487 g/mol. The Hall–Kier alpha value is -0.850. The second-order valence-electron chi connectivity index (χ2n) is 14.6. The van der Waals surface area contributed by atoms with Crippen molar-refractivity contribution in [2.45, 2.75) is 173 Å². The molecule has 0 amide bonds. The fourth-order valence-corrected chi connectivity index (χ4v) is 9.08. The van der Waals surface area contributed by atoms with Gasteiger partial charge in [0.1, 0.15) is 0 Å². The van der Waals surface area contributed by atoms with E-state index in [4.69, 9.17) is 0 Å². The SMILES string of the molecule is CCCCCCCc1ccc(C2CCC([C@H]3CC[C@H]([C@H]4CC[C@H](CCCCCCCCF)CC4)CC3)CC2)cc1. The van der Waals surface area contributed by atoms with Gasteiger partial charge in [0.25, 0.3) is 0 Å². The van der Waals surface area contributed by atoms with Crippen LogP contribution in [-0.2, 0) is 6.42 Å². The second-order valence-corrected chi connectivity index (χ2v) is 14.6. The number of benzene rings is 1. The lowest BCUT2D eigenvalue weighted by Gasteiger charge is -2.41. The van der Waals surface area contributed by atoms with Crippen LogP contribution in [0, 0.1) is 29.6 Å². The van der Waals surface area contributed by atoms with E-state index in [2.05, 4.69) is 31.2 Å². The maximum atomic E-state index is 12.2. The standard InChI is InChI=1S/C39H65F/c1-2-3-4-7-10-13-32-15-19-34(20-16-32)36-23-27-38(28-24-36)39-29-25-37(26-30-39)35-21-17-33(18-22-35)14-11-8-5-6-9-12-31-40/h15-16,19-20,33,35-39H,2-14,17-18,21-31H2,1H3/t33-,35-,36?,37-,38?,39-. The first-order valence-corrected chi connectivity index (χ1v) is 18.4. The molecule has 0 atom stereocenters. The molecule has 0 bridgehead atoms. The summed E-state index contributed by atoms with van der Waals surface area (Å²) >= 11 is 0. The lowest BCUT2D eigenvalue weighted by molar-refractivity contribution is 0.108. The van der Waals surface area contributed by atoms with Crippen molar-refractivity contribution < 1.29 is 4.39 Å². The van der Waals surface area contributed by atoms with Gasteiger partial charge in [-0.05, 0) is 130 Å². The fraction of sp³-hybridized carbons (Fsp3) is 0.846. The Balaban J connectivity index is 1.06. The van der Waals surface area contributed by atoms with Gasteiger partial charge in [-0.3, -0.25) is 4.39 Å². The van der Waals surface area contributed by atoms with Gasteiger partial charge in [0.2, 0.25) is 0 Å². The first kappa shape index (κ1) is 32.1. The van der Waals surface area contributed by atoms with Crippen molar-refractivity contribution in [1.29, 1.82) is 0 Å². The molecule has 0 heterocycles. The van der Waals surface area contributed by atoms with E-state index in [1.165, 1.54) is 135 Å². The van der Waals surface area contributed by atoms with Crippen molar-refractivity contribution in [3.8, 4) is 0 Å². The number of unbranched alkanes of at least 4 members (excludes halogenated alkanes) is 9. The minimum Gasteiger partial charge on any atom is -0.251 e. The van der Waals surface area contributed by atoms with Crippen LogP contribution in [0.15, 0.2) is 24.3 Å². The molecular formula is C39H65F. The number of hydrogen-bond donors (Lipinski definition) is 0. The molecule has 0 N–H and O–H groups in total. The van der Waals surface area contributed by atoms with Gasteiger partial charge in [0.05, 0.1) is 6.67 Å². The van der Waals surface area contributed by atoms with Gasteiger partial charge < -0.3 is 0 Å². The third kappa shape index (κ3) is 10.8. The Morgan fingerprint density at radius 3 is 1.57 bits per heavy atom. The quantitative estimate of drug-likeness (QED) is 0.169. The molecule has 0 nitrogen and oxygen atoms in total. The average molecular weight is 553 g/mol. The number of hydrogen-bond acceptors (Lipinski definition) is 0. The molecule has 1 heteroatoms. The van der Waals surface area contributed by atoms with Gasteiger partial charge >= 0.3 is 0 Å². The van der Waals surface area contributed by atoms with Crippen molar-refractivity contribution in [2.75, 3.05) is 6.67 Å². The number of aryl methyl sites for hydroxylation is 1. The summed E-state index contributed by atoms with van der Waals surface area (Å²) in [5.74, 6) is 5.99. The zero-order valence-corrected chi connectivity index (χ0v) is 26.5. The van der Waals surface area contributed by atoms with Gasteiger partial charge in [-0.15, -0.1) is 0 Å². The summed E-state index contributed by atoms with van der Waals surface area (Å²) < 4.78 is 12.2. The molecule has 228 valence electrons. The maximum absolute atomic E-state index is 12.2. The lowest BCUT2D eigenvalue weighted by Crippen LogP contribution is -2.29. The third-order valence-electron chi connectivity index (χ3n) is 11.8. The number of rotatable bonds is 17. The molecule has 0 unspecified atom stereocenters. The summed E-state index contributed by atoms with van der Waals surface area (Å²) in [6.45, 7) is 2.18. The van der Waals surface area contributed by atoms with Crippen molar-refractivity contribution in [1.82, 2.24) is 0 Å². The van der Waals surface area contributed by atoms with Crippen LogP contribution in [0.3, 0.4) is 0 Å². The molecule has 0 spiro atoms. The molecule has 3 fully saturated rings. The number of halogens is 1. The molecule has 40 heavy (non-hydrogen) atoms. The highest BCUT2D eigenvalue weighted by atomic mass is 19.1. The summed E-state index contributed by atoms with van der Waals surface area (Å²) in [4.78, 5) is 0. The van der Waals surface area contributed by atoms with Gasteiger partial charge in [0, 0.05) is 0 Å². The van der Waals surface area contributed by atoms with Crippen molar-refractivity contribution >= 4 is 0 Å². The maximum Gasteiger partial charge on any atom is 0.0894 e. The molecule has 0 radical (unpaired) electrons. The lowest BCUT2D eigenvalue weighted by atomic mass is 9.64. The van der Waals surface area contributed by atoms with Crippen molar-refractivity contribution in [3.05, 3.63) is 35.4 Å². The molecule has 1 aromatic carbocycles. The highest BCUT2D eigenvalue weighted by Crippen LogP contribution is 2.47. The zero-order chi connectivity index (χ0) is 27.8. The Morgan fingerprint density at radius 2 is 1.00 bits per heavy atom. The van der Waals surface area contributed by atoms with Crippen LogP contribution in [0.4, 0.5) is 4.39 Å². The van der Waals surface area contributed by atoms with Crippen molar-refractivity contribution in [2.24, 2.45) is 29.6 Å². The Morgan fingerprint density at radius 1 is 0.525 bits per heavy atom. The summed E-state index contributed by atoms with van der Waals surface area (Å²) in [5, 5.41) is 0. The van der Waals surface area contributed by atoms with Crippen LogP contribution >= 0.6 is 0 Å². The van der Waals surface area contributed by atoms with Crippen LogP contribution in [0.5, 0.6) is 0 Å². The van der Waals surface area contributed by atoms with E-state index >= 15 is 0 Å². The van der Waals surface area contributed by atoms with E-state index in [0.717, 1.165) is 48.3 Å². The number of alkyl halides is 1. The van der Waals surface area contributed by atoms with Crippen LogP contribution in [0.2, 0.25) is 0 Å². The summed E-state index contributed by atoms with van der Waals surface area (Å²) in [6, 6.07) is 9.83. The predicted molar refractivity (Wildman–Crippen MR) is 173 cm³/mol. The zero-order valence-electron chi connectivity index (χ0n) is 26.5. The Bertz CT molecular complexity index is 743. The predicted octanol–water partition coefficient (Wildman–Crippen LogP) is 12.8. The fourth-order valence-electron chi connectivity index (χ4n) is 9.08. The minimum absolute atomic E-state index is 0.124. The monoisotopic (exact) mass is 553 g/mol. The summed E-state index contributed by atoms with van der Waals surface area (Å²) in [6.07, 6.45) is 35.0. The van der Waals surface area contributed by atoms with Crippen LogP contribution in [0.25, 0.3) is 0 Å². The molecule has 3 aliphatic carbocycles. The van der Waals surface area contributed by atoms with E-state index in [9.17, 15) is 4.39 Å². The summed E-state index contributed by atoms with van der Waals surface area (Å²) in [5.41, 5.74) is 3.18. The van der Waals surface area contributed by atoms with E-state index in [-0.39, 0.29) is 6.67 Å². The molecule has 4 rings (SSSR count). The molecule has 0 aliphatic heterocycles.